The van der Waals surface area contributed by atoms with Gasteiger partial charge < -0.3 is 15.2 Å². The summed E-state index contributed by atoms with van der Waals surface area (Å²) < 4.78 is 5.12. The van der Waals surface area contributed by atoms with Crippen LogP contribution in [0.15, 0.2) is 30.3 Å². The molecule has 0 aliphatic carbocycles. The maximum Gasteiger partial charge on any atom is 0.407 e. The Labute approximate surface area is 125 Å². The Morgan fingerprint density at radius 3 is 2.19 bits per heavy atom. The van der Waals surface area contributed by atoms with Gasteiger partial charge in [0.05, 0.1) is 5.41 Å². The second-order valence-electron chi connectivity index (χ2n) is 6.38. The number of alkyl carbamates (subject to hydrolysis) is 1. The molecule has 1 rings (SSSR count). The normalized spacial score (nSPS) is 14.1. The highest BCUT2D eigenvalue weighted by Gasteiger charge is 2.34. The minimum absolute atomic E-state index is 0.00609. The van der Waals surface area contributed by atoms with Crippen LogP contribution in [0.2, 0.25) is 0 Å². The molecule has 0 radical (unpaired) electrons. The van der Waals surface area contributed by atoms with Crippen molar-refractivity contribution in [2.75, 3.05) is 6.54 Å². The van der Waals surface area contributed by atoms with E-state index in [2.05, 4.69) is 5.32 Å². The summed E-state index contributed by atoms with van der Waals surface area (Å²) in [6, 6.07) is 9.34. The monoisotopic (exact) mass is 293 g/mol. The van der Waals surface area contributed by atoms with E-state index in [1.807, 2.05) is 30.3 Å². The fourth-order valence-electron chi connectivity index (χ4n) is 1.84. The number of benzene rings is 1. The molecule has 0 saturated carbocycles. The van der Waals surface area contributed by atoms with E-state index in [-0.39, 0.29) is 6.54 Å². The third-order valence-corrected chi connectivity index (χ3v) is 2.98. The van der Waals surface area contributed by atoms with E-state index in [1.54, 1.807) is 27.7 Å². The molecule has 2 N–H and O–H groups in total. The maximum atomic E-state index is 11.7. The number of ether oxygens (including phenoxy) is 1. The molecule has 0 spiro atoms. The van der Waals surface area contributed by atoms with Crippen LogP contribution in [0.4, 0.5) is 4.79 Å². The number of hydrogen-bond donors (Lipinski definition) is 2. The summed E-state index contributed by atoms with van der Waals surface area (Å²) in [5.74, 6) is -0.956. The zero-order chi connectivity index (χ0) is 16.1. The maximum absolute atomic E-state index is 11.7. The molecule has 21 heavy (non-hydrogen) atoms. The van der Waals surface area contributed by atoms with Crippen LogP contribution < -0.4 is 5.32 Å². The molecule has 0 bridgehead atoms. The second kappa shape index (κ2) is 6.61. The quantitative estimate of drug-likeness (QED) is 0.875. The van der Waals surface area contributed by atoms with Crippen molar-refractivity contribution in [1.82, 2.24) is 5.32 Å². The Morgan fingerprint density at radius 2 is 1.71 bits per heavy atom. The third kappa shape index (κ3) is 5.85. The summed E-state index contributed by atoms with van der Waals surface area (Å²) in [4.78, 5) is 23.2. The number of carboxylic acids is 1. The van der Waals surface area contributed by atoms with E-state index in [0.717, 1.165) is 5.56 Å². The molecule has 1 aromatic carbocycles. The first kappa shape index (κ1) is 17.0. The lowest BCUT2D eigenvalue weighted by molar-refractivity contribution is -0.147. The molecule has 0 heterocycles. The van der Waals surface area contributed by atoms with E-state index in [9.17, 15) is 14.7 Å². The molecule has 5 nitrogen and oxygen atoms in total. The van der Waals surface area contributed by atoms with Crippen molar-refractivity contribution < 1.29 is 19.4 Å². The molecule has 5 heteroatoms. The predicted octanol–water partition coefficient (Wildman–Crippen LogP) is 2.84. The van der Waals surface area contributed by atoms with Gasteiger partial charge in [-0.15, -0.1) is 0 Å². The number of amides is 1. The molecule has 0 aliphatic rings. The van der Waals surface area contributed by atoms with Crippen molar-refractivity contribution in [3.8, 4) is 0 Å². The summed E-state index contributed by atoms with van der Waals surface area (Å²) in [7, 11) is 0. The molecule has 0 aromatic heterocycles. The van der Waals surface area contributed by atoms with Crippen LogP contribution in [0.25, 0.3) is 0 Å². The van der Waals surface area contributed by atoms with Crippen molar-refractivity contribution >= 4 is 12.1 Å². The van der Waals surface area contributed by atoms with Crippen LogP contribution in [0, 0.1) is 5.41 Å². The number of hydrogen-bond acceptors (Lipinski definition) is 3. The van der Waals surface area contributed by atoms with Gasteiger partial charge in [-0.1, -0.05) is 30.3 Å². The Kier molecular flexibility index (Phi) is 5.35. The zero-order valence-corrected chi connectivity index (χ0v) is 13.0. The molecule has 1 atom stereocenters. The Balaban J connectivity index is 2.69. The van der Waals surface area contributed by atoms with Crippen LogP contribution in [0.1, 0.15) is 33.3 Å². The number of carboxylic acid groups (broad SMARTS) is 1. The summed E-state index contributed by atoms with van der Waals surface area (Å²) in [6.45, 7) is 6.89. The summed E-state index contributed by atoms with van der Waals surface area (Å²) in [6.07, 6.45) is -0.276. The van der Waals surface area contributed by atoms with Gasteiger partial charge in [-0.2, -0.15) is 0 Å². The predicted molar refractivity (Wildman–Crippen MR) is 80.1 cm³/mol. The fourth-order valence-corrected chi connectivity index (χ4v) is 1.84. The minimum atomic E-state index is -1.09. The highest BCUT2D eigenvalue weighted by Crippen LogP contribution is 2.22. The Bertz CT molecular complexity index is 493. The fraction of sp³-hybridized carbons (Fsp3) is 0.500. The van der Waals surface area contributed by atoms with Gasteiger partial charge in [-0.25, -0.2) is 4.79 Å². The lowest BCUT2D eigenvalue weighted by Crippen LogP contribution is -2.44. The van der Waals surface area contributed by atoms with Gasteiger partial charge in [-0.05, 0) is 39.7 Å². The number of nitrogens with one attached hydrogen (secondary N) is 1. The van der Waals surface area contributed by atoms with Crippen molar-refractivity contribution in [3.05, 3.63) is 35.9 Å². The standard InChI is InChI=1S/C16H23NO4/c1-15(2,3)21-14(20)17-11-16(4,13(18)19)10-12-8-6-5-7-9-12/h5-9H,10-11H2,1-4H3,(H,17,20)(H,18,19). The SMILES string of the molecule is CC(C)(C)OC(=O)NCC(C)(Cc1ccccc1)C(=O)O. The second-order valence-corrected chi connectivity index (χ2v) is 6.38. The van der Waals surface area contributed by atoms with Gasteiger partial charge in [-0.3, -0.25) is 4.79 Å². The Hall–Kier alpha value is -2.04. The van der Waals surface area contributed by atoms with E-state index in [4.69, 9.17) is 4.74 Å². The lowest BCUT2D eigenvalue weighted by atomic mass is 9.83. The van der Waals surface area contributed by atoms with E-state index < -0.39 is 23.1 Å². The average Bonchev–Trinajstić information content (AvgIpc) is 2.35. The number of aliphatic carboxylic acids is 1. The highest BCUT2D eigenvalue weighted by atomic mass is 16.6. The van der Waals surface area contributed by atoms with E-state index in [0.29, 0.717) is 6.42 Å². The van der Waals surface area contributed by atoms with Gasteiger partial charge in [0, 0.05) is 6.54 Å². The summed E-state index contributed by atoms with van der Waals surface area (Å²) in [5, 5.41) is 12.0. The molecular weight excluding hydrogens is 270 g/mol. The number of carbonyl (C=O) groups is 2. The third-order valence-electron chi connectivity index (χ3n) is 2.98. The van der Waals surface area contributed by atoms with Crippen molar-refractivity contribution in [3.63, 3.8) is 0 Å². The van der Waals surface area contributed by atoms with Gasteiger partial charge in [0.2, 0.25) is 0 Å². The molecule has 116 valence electrons. The highest BCUT2D eigenvalue weighted by molar-refractivity contribution is 5.76. The summed E-state index contributed by atoms with van der Waals surface area (Å²) >= 11 is 0. The Morgan fingerprint density at radius 1 is 1.14 bits per heavy atom. The first-order valence-electron chi connectivity index (χ1n) is 6.87. The van der Waals surface area contributed by atoms with Crippen molar-refractivity contribution in [2.45, 2.75) is 39.7 Å². The first-order chi connectivity index (χ1) is 9.62. The van der Waals surface area contributed by atoms with Gasteiger partial charge in [0.25, 0.3) is 0 Å². The first-order valence-corrected chi connectivity index (χ1v) is 6.87. The average molecular weight is 293 g/mol. The van der Waals surface area contributed by atoms with Crippen molar-refractivity contribution in [1.29, 1.82) is 0 Å². The molecular formula is C16H23NO4. The molecule has 0 fully saturated rings. The molecule has 1 aromatic rings. The molecule has 0 saturated heterocycles. The van der Waals surface area contributed by atoms with Crippen LogP contribution in [-0.4, -0.2) is 29.3 Å². The minimum Gasteiger partial charge on any atom is -0.481 e. The van der Waals surface area contributed by atoms with Crippen LogP contribution >= 0.6 is 0 Å². The molecule has 1 unspecified atom stereocenters. The van der Waals surface area contributed by atoms with Gasteiger partial charge >= 0.3 is 12.1 Å². The number of carbonyl (C=O) groups excluding carboxylic acids is 1. The van der Waals surface area contributed by atoms with Gasteiger partial charge in [0.1, 0.15) is 5.60 Å². The lowest BCUT2D eigenvalue weighted by Gasteiger charge is -2.26. The molecule has 1 amide bonds. The van der Waals surface area contributed by atoms with Gasteiger partial charge in [0.15, 0.2) is 0 Å². The zero-order valence-electron chi connectivity index (χ0n) is 13.0. The van der Waals surface area contributed by atoms with E-state index in [1.165, 1.54) is 0 Å². The van der Waals surface area contributed by atoms with Crippen LogP contribution in [0.5, 0.6) is 0 Å². The molecule has 0 aliphatic heterocycles. The topological polar surface area (TPSA) is 75.6 Å². The van der Waals surface area contributed by atoms with Crippen LogP contribution in [-0.2, 0) is 16.0 Å². The summed E-state index contributed by atoms with van der Waals surface area (Å²) in [5.41, 5.74) is -0.783. The largest absolute Gasteiger partial charge is 0.481 e. The number of rotatable bonds is 5. The smallest absolute Gasteiger partial charge is 0.407 e. The van der Waals surface area contributed by atoms with Crippen molar-refractivity contribution in [2.24, 2.45) is 5.41 Å². The van der Waals surface area contributed by atoms with Crippen LogP contribution in [0.3, 0.4) is 0 Å². The van der Waals surface area contributed by atoms with E-state index >= 15 is 0 Å².